The average Bonchev–Trinajstić information content (AvgIpc) is 2.36. The van der Waals surface area contributed by atoms with Crippen molar-refractivity contribution in [2.45, 2.75) is 6.42 Å². The van der Waals surface area contributed by atoms with Gasteiger partial charge in [-0.2, -0.15) is 0 Å². The highest BCUT2D eigenvalue weighted by Crippen LogP contribution is 2.17. The lowest BCUT2D eigenvalue weighted by Crippen LogP contribution is -2.12. The molecule has 0 fully saturated rings. The van der Waals surface area contributed by atoms with Crippen LogP contribution in [0, 0.1) is 5.92 Å². The zero-order valence-electron chi connectivity index (χ0n) is 5.90. The number of nitrogens with zero attached hydrogens (tertiary/aromatic N) is 1. The maximum atomic E-state index is 10.5. The summed E-state index contributed by atoms with van der Waals surface area (Å²) in [6.45, 7) is -0.0126. The summed E-state index contributed by atoms with van der Waals surface area (Å²) in [4.78, 5) is 14.2. The summed E-state index contributed by atoms with van der Waals surface area (Å²) in [5, 5.41) is 17.1. The van der Waals surface area contributed by atoms with Crippen LogP contribution in [0.4, 0.5) is 0 Å². The van der Waals surface area contributed by atoms with Crippen molar-refractivity contribution in [1.29, 1.82) is 0 Å². The summed E-state index contributed by atoms with van der Waals surface area (Å²) in [6, 6.07) is 0. The number of carboxylic acid groups (broad SMARTS) is 1. The molecule has 1 heterocycles. The Balaban J connectivity index is 2.61. The smallest absolute Gasteiger partial charge is 0.333 e. The van der Waals surface area contributed by atoms with Crippen LogP contribution >= 0.6 is 0 Å². The zero-order valence-corrected chi connectivity index (χ0v) is 5.90. The Morgan fingerprint density at radius 3 is 3.00 bits per heavy atom. The van der Waals surface area contributed by atoms with Gasteiger partial charge in [0.1, 0.15) is 0 Å². The molecule has 1 rings (SSSR count). The molecular weight excluding hydrogens is 146 g/mol. The van der Waals surface area contributed by atoms with E-state index in [4.69, 9.17) is 10.2 Å². The molecule has 4 heteroatoms. The van der Waals surface area contributed by atoms with Gasteiger partial charge in [-0.25, -0.2) is 4.79 Å². The molecule has 0 aromatic carbocycles. The Labute approximate surface area is 63.9 Å². The number of aliphatic carboxylic acids is 1. The van der Waals surface area contributed by atoms with Gasteiger partial charge in [0, 0.05) is 24.9 Å². The third-order valence-corrected chi connectivity index (χ3v) is 1.57. The van der Waals surface area contributed by atoms with Crippen molar-refractivity contribution in [3.05, 3.63) is 11.8 Å². The Hall–Kier alpha value is -1.16. The van der Waals surface area contributed by atoms with Crippen LogP contribution in [-0.2, 0) is 4.79 Å². The monoisotopic (exact) mass is 155 g/mol. The molecule has 0 saturated heterocycles. The first-order valence-corrected chi connectivity index (χ1v) is 3.33. The van der Waals surface area contributed by atoms with Gasteiger partial charge in [-0.3, -0.25) is 4.99 Å². The first kappa shape index (κ1) is 7.94. The number of carboxylic acids is 1. The normalized spacial score (nSPS) is 21.9. The highest BCUT2D eigenvalue weighted by Gasteiger charge is 2.21. The van der Waals surface area contributed by atoms with E-state index in [1.54, 1.807) is 6.21 Å². The SMILES string of the molecule is O=C(O)C1=CN=C[C@H]1CCO. The molecule has 1 aliphatic rings. The predicted molar refractivity (Wildman–Crippen MR) is 39.4 cm³/mol. The molecule has 60 valence electrons. The van der Waals surface area contributed by atoms with E-state index in [2.05, 4.69) is 4.99 Å². The van der Waals surface area contributed by atoms with Gasteiger partial charge < -0.3 is 10.2 Å². The van der Waals surface area contributed by atoms with Gasteiger partial charge in [-0.1, -0.05) is 0 Å². The summed E-state index contributed by atoms with van der Waals surface area (Å²) in [5.41, 5.74) is 0.263. The summed E-state index contributed by atoms with van der Waals surface area (Å²) in [6.07, 6.45) is 3.30. The first-order valence-electron chi connectivity index (χ1n) is 3.33. The standard InChI is InChI=1S/C7H9NO3/c9-2-1-5-3-8-4-6(5)7(10)11/h3-5,9H,1-2H2,(H,10,11)/t5-/m1/s1. The van der Waals surface area contributed by atoms with E-state index in [0.717, 1.165) is 0 Å². The van der Waals surface area contributed by atoms with Crippen LogP contribution in [0.1, 0.15) is 6.42 Å². The maximum Gasteiger partial charge on any atom is 0.333 e. The molecule has 4 nitrogen and oxygen atoms in total. The lowest BCUT2D eigenvalue weighted by Gasteiger charge is -2.04. The van der Waals surface area contributed by atoms with Crippen LogP contribution in [0.5, 0.6) is 0 Å². The minimum atomic E-state index is -0.957. The van der Waals surface area contributed by atoms with Crippen molar-refractivity contribution in [2.75, 3.05) is 6.61 Å². The highest BCUT2D eigenvalue weighted by atomic mass is 16.4. The van der Waals surface area contributed by atoms with Crippen molar-refractivity contribution in [1.82, 2.24) is 0 Å². The maximum absolute atomic E-state index is 10.5. The van der Waals surface area contributed by atoms with Crippen LogP contribution in [0.15, 0.2) is 16.8 Å². The second-order valence-electron chi connectivity index (χ2n) is 2.31. The van der Waals surface area contributed by atoms with Gasteiger partial charge >= 0.3 is 5.97 Å². The Kier molecular flexibility index (Phi) is 2.38. The Morgan fingerprint density at radius 2 is 2.45 bits per heavy atom. The Bertz CT molecular complexity index is 220. The zero-order chi connectivity index (χ0) is 8.27. The number of aliphatic hydroxyl groups is 1. The molecule has 0 radical (unpaired) electrons. The lowest BCUT2D eigenvalue weighted by molar-refractivity contribution is -0.133. The van der Waals surface area contributed by atoms with Crippen molar-refractivity contribution in [3.8, 4) is 0 Å². The van der Waals surface area contributed by atoms with E-state index in [1.807, 2.05) is 0 Å². The molecule has 0 amide bonds. The quantitative estimate of drug-likeness (QED) is 0.604. The largest absolute Gasteiger partial charge is 0.478 e. The van der Waals surface area contributed by atoms with Crippen molar-refractivity contribution in [3.63, 3.8) is 0 Å². The number of aliphatic imine (C=N–C) groups is 1. The molecule has 2 N–H and O–H groups in total. The third-order valence-electron chi connectivity index (χ3n) is 1.57. The van der Waals surface area contributed by atoms with E-state index in [1.165, 1.54) is 6.20 Å². The van der Waals surface area contributed by atoms with Crippen LogP contribution in [0.25, 0.3) is 0 Å². The second kappa shape index (κ2) is 3.30. The minimum Gasteiger partial charge on any atom is -0.478 e. The molecule has 0 aromatic heterocycles. The number of hydrogen-bond acceptors (Lipinski definition) is 3. The van der Waals surface area contributed by atoms with Crippen molar-refractivity contribution >= 4 is 12.2 Å². The van der Waals surface area contributed by atoms with Crippen LogP contribution < -0.4 is 0 Å². The fourth-order valence-electron chi connectivity index (χ4n) is 0.986. The number of rotatable bonds is 3. The average molecular weight is 155 g/mol. The van der Waals surface area contributed by atoms with E-state index in [0.29, 0.717) is 6.42 Å². The molecule has 1 aliphatic heterocycles. The van der Waals surface area contributed by atoms with Gasteiger partial charge in [0.2, 0.25) is 0 Å². The van der Waals surface area contributed by atoms with Gasteiger partial charge in [-0.05, 0) is 6.42 Å². The van der Waals surface area contributed by atoms with Gasteiger partial charge in [0.25, 0.3) is 0 Å². The van der Waals surface area contributed by atoms with Crippen LogP contribution in [-0.4, -0.2) is 29.0 Å². The molecule has 0 spiro atoms. The molecule has 11 heavy (non-hydrogen) atoms. The van der Waals surface area contributed by atoms with Gasteiger partial charge in [0.15, 0.2) is 0 Å². The predicted octanol–water partition coefficient (Wildman–Crippen LogP) is 0.0379. The van der Waals surface area contributed by atoms with E-state index >= 15 is 0 Å². The molecular formula is C7H9NO3. The van der Waals surface area contributed by atoms with E-state index < -0.39 is 5.97 Å². The van der Waals surface area contributed by atoms with Gasteiger partial charge in [-0.15, -0.1) is 0 Å². The fourth-order valence-corrected chi connectivity index (χ4v) is 0.986. The topological polar surface area (TPSA) is 69.9 Å². The summed E-state index contributed by atoms with van der Waals surface area (Å²) in [5.74, 6) is -1.17. The van der Waals surface area contributed by atoms with Crippen LogP contribution in [0.2, 0.25) is 0 Å². The van der Waals surface area contributed by atoms with Gasteiger partial charge in [0.05, 0.1) is 5.57 Å². The highest BCUT2D eigenvalue weighted by molar-refractivity contribution is 5.94. The summed E-state index contributed by atoms with van der Waals surface area (Å²) >= 11 is 0. The molecule has 0 aromatic rings. The second-order valence-corrected chi connectivity index (χ2v) is 2.31. The molecule has 0 unspecified atom stereocenters. The number of aliphatic hydroxyl groups excluding tert-OH is 1. The number of carbonyl (C=O) groups is 1. The number of hydrogen-bond donors (Lipinski definition) is 2. The lowest BCUT2D eigenvalue weighted by atomic mass is 10.00. The van der Waals surface area contributed by atoms with E-state index in [9.17, 15) is 4.79 Å². The molecule has 0 saturated carbocycles. The molecule has 0 aliphatic carbocycles. The Morgan fingerprint density at radius 1 is 1.73 bits per heavy atom. The first-order chi connectivity index (χ1) is 5.25. The summed E-state index contributed by atoms with van der Waals surface area (Å²) in [7, 11) is 0. The van der Waals surface area contributed by atoms with Crippen molar-refractivity contribution < 1.29 is 15.0 Å². The third kappa shape index (κ3) is 1.65. The molecule has 0 bridgehead atoms. The van der Waals surface area contributed by atoms with Crippen molar-refractivity contribution in [2.24, 2.45) is 10.9 Å². The summed E-state index contributed by atoms with van der Waals surface area (Å²) < 4.78 is 0. The van der Waals surface area contributed by atoms with Crippen LogP contribution in [0.3, 0.4) is 0 Å². The molecule has 1 atom stereocenters. The fraction of sp³-hybridized carbons (Fsp3) is 0.429. The minimum absolute atomic E-state index is 0.0126. The van der Waals surface area contributed by atoms with E-state index in [-0.39, 0.29) is 18.1 Å².